The topological polar surface area (TPSA) is 245 Å². The largest absolute Gasteiger partial charge is 0.504 e. The van der Waals surface area contributed by atoms with Crippen LogP contribution in [0.1, 0.15) is 123 Å². The summed E-state index contributed by atoms with van der Waals surface area (Å²) >= 11 is 0. The number of fused-ring (bicyclic) bond motifs is 4. The molecule has 6 aliphatic rings. The minimum atomic E-state index is -1.38. The third-order valence-electron chi connectivity index (χ3n) is 14.5. The molecule has 18 heteroatoms. The lowest BCUT2D eigenvalue weighted by Crippen LogP contribution is -2.57. The predicted molar refractivity (Wildman–Crippen MR) is 258 cm³/mol. The molecule has 398 valence electrons. The first-order valence-corrected chi connectivity index (χ1v) is 24.4. The van der Waals surface area contributed by atoms with Crippen LogP contribution in [0.25, 0.3) is 0 Å². The number of aliphatic hydroxyl groups excluding tert-OH is 3. The van der Waals surface area contributed by atoms with Crippen molar-refractivity contribution in [3.8, 4) is 17.2 Å². The summed E-state index contributed by atoms with van der Waals surface area (Å²) in [6, 6.07) is 9.04. The van der Waals surface area contributed by atoms with Crippen molar-refractivity contribution in [2.24, 2.45) is 17.8 Å². The minimum Gasteiger partial charge on any atom is -0.504 e. The molecule has 2 aliphatic carbocycles. The number of hydrogen-bond donors (Lipinski definition) is 4. The van der Waals surface area contributed by atoms with Gasteiger partial charge in [-0.1, -0.05) is 53.8 Å². The Kier molecular flexibility index (Phi) is 24.3. The Bertz CT molecular complexity index is 2070. The molecule has 4 fully saturated rings. The molecule has 4 N–H and O–H groups in total. The molecule has 0 unspecified atom stereocenters. The monoisotopic (exact) mass is 1000 g/mol. The smallest absolute Gasteiger partial charge is 0.373 e. The van der Waals surface area contributed by atoms with E-state index in [4.69, 9.17) is 47.6 Å². The molecule has 4 heterocycles. The average molecular weight is 1000 g/mol. The average Bonchev–Trinajstić information content (AvgIpc) is 3.31. The molecule has 0 saturated carbocycles. The number of benzene rings is 2. The van der Waals surface area contributed by atoms with Crippen LogP contribution >= 0.6 is 0 Å². The van der Waals surface area contributed by atoms with Crippen LogP contribution in [0.4, 0.5) is 0 Å². The number of aromatic hydroxyl groups is 1. The maximum Gasteiger partial charge on any atom is 0.373 e. The standard InChI is InChI=1S/C28H41NO6.C21H31NO6.2CO2.2CH4/c1-7-12-29-13-8-9-22-14-23-21(15-24(22)29)11-10-16(2)25(23)35-28-27(34-20(6)31)26(33-19(5)30)17(3)18(4)32-28;1-2-7-22-8-3-4-13-9-14-12(10-15(13)22)5-6-16(23)20(14)28-21-19(26)18(25)17(24)11-27-21;2*2-1-3;;/h10-11,17-18,22,24,26-28H,7-9,12-15H2,1-6H3;5-6,13,15,17-19,21,23-26H,2-4,7-11H2,1H3;;;2*1H4/t17-,18-,22-,24-,26+,27-,28+;13-,15-,17-,18+,19-,21+;;;;/m11..../s1. The number of rotatable bonds is 10. The quantitative estimate of drug-likeness (QED) is 0.226. The zero-order valence-electron chi connectivity index (χ0n) is 41.0. The van der Waals surface area contributed by atoms with Gasteiger partial charge in [0.2, 0.25) is 18.7 Å². The van der Waals surface area contributed by atoms with Gasteiger partial charge in [-0.15, -0.1) is 0 Å². The zero-order valence-corrected chi connectivity index (χ0v) is 41.0. The SMILES string of the molecule is C.C.CCCN1CCC[C@@H]2Cc3c(ccc(C)c3O[C@@H]3O[C@H](C)[C@@H](C)[C@H](OC(C)=O)[C@H]3OC(C)=O)C[C@H]21.CCCN1CCC[C@@H]2Cc3c(ccc(O)c3O[C@@H]3OC[C@@H](O)[C@H](O)[C@H]3O)C[C@H]21.O=C=O.O=C=O. The van der Waals surface area contributed by atoms with Gasteiger partial charge >= 0.3 is 24.2 Å². The third kappa shape index (κ3) is 14.9. The Morgan fingerprint density at radius 3 is 1.69 bits per heavy atom. The summed E-state index contributed by atoms with van der Waals surface area (Å²) < 4.78 is 35.3. The number of esters is 2. The Morgan fingerprint density at radius 1 is 0.704 bits per heavy atom. The van der Waals surface area contributed by atoms with Crippen LogP contribution in [-0.2, 0) is 73.4 Å². The van der Waals surface area contributed by atoms with E-state index in [1.807, 2.05) is 26.8 Å². The van der Waals surface area contributed by atoms with E-state index in [1.54, 1.807) is 6.07 Å². The van der Waals surface area contributed by atoms with Gasteiger partial charge < -0.3 is 48.8 Å². The number of phenolic OH excluding ortho intramolecular Hbond substituents is 1. The summed E-state index contributed by atoms with van der Waals surface area (Å²) in [5.41, 5.74) is 5.72. The number of ether oxygens (including phenoxy) is 6. The zero-order chi connectivity index (χ0) is 50.5. The molecule has 0 spiro atoms. The summed E-state index contributed by atoms with van der Waals surface area (Å²) in [7, 11) is 0. The molecule has 2 aromatic carbocycles. The van der Waals surface area contributed by atoms with E-state index < -0.39 is 55.0 Å². The van der Waals surface area contributed by atoms with Crippen molar-refractivity contribution < 1.29 is 77.6 Å². The van der Waals surface area contributed by atoms with E-state index in [-0.39, 0.29) is 51.5 Å². The Labute approximate surface area is 419 Å². The molecule has 71 heavy (non-hydrogen) atoms. The van der Waals surface area contributed by atoms with Gasteiger partial charge in [-0.2, -0.15) is 19.2 Å². The Morgan fingerprint density at radius 2 is 1.18 bits per heavy atom. The molecule has 0 radical (unpaired) electrons. The molecule has 13 atom stereocenters. The molecule has 4 saturated heterocycles. The van der Waals surface area contributed by atoms with Crippen molar-refractivity contribution in [3.05, 3.63) is 52.1 Å². The predicted octanol–water partition coefficient (Wildman–Crippen LogP) is 5.11. The van der Waals surface area contributed by atoms with E-state index in [9.17, 15) is 30.0 Å². The highest BCUT2D eigenvalue weighted by molar-refractivity contribution is 5.67. The van der Waals surface area contributed by atoms with Crippen molar-refractivity contribution in [2.45, 2.75) is 189 Å². The van der Waals surface area contributed by atoms with Crippen LogP contribution in [0.3, 0.4) is 0 Å². The normalized spacial score (nSPS) is 30.5. The van der Waals surface area contributed by atoms with E-state index >= 15 is 0 Å². The third-order valence-corrected chi connectivity index (χ3v) is 14.5. The fourth-order valence-corrected chi connectivity index (χ4v) is 11.2. The Hall–Kier alpha value is -4.74. The summed E-state index contributed by atoms with van der Waals surface area (Å²) in [6.07, 6.45) is 3.78. The molecule has 18 nitrogen and oxygen atoms in total. The summed E-state index contributed by atoms with van der Waals surface area (Å²) in [5, 5.41) is 40.2. The summed E-state index contributed by atoms with van der Waals surface area (Å²) in [5.74, 6) is 1.25. The van der Waals surface area contributed by atoms with Crippen LogP contribution < -0.4 is 9.47 Å². The van der Waals surface area contributed by atoms with E-state index in [0.717, 1.165) is 80.6 Å². The second kappa shape index (κ2) is 28.5. The number of likely N-dealkylation sites (tertiary alicyclic amines) is 2. The van der Waals surface area contributed by atoms with Gasteiger partial charge in [0.15, 0.2) is 11.5 Å². The van der Waals surface area contributed by atoms with E-state index in [0.29, 0.717) is 29.7 Å². The van der Waals surface area contributed by atoms with Gasteiger partial charge in [-0.25, -0.2) is 0 Å². The van der Waals surface area contributed by atoms with Crippen molar-refractivity contribution in [2.75, 3.05) is 32.8 Å². The first-order valence-electron chi connectivity index (χ1n) is 24.4. The maximum atomic E-state index is 12.0. The van der Waals surface area contributed by atoms with Gasteiger partial charge in [0.05, 0.1) is 12.7 Å². The van der Waals surface area contributed by atoms with Gasteiger partial charge in [0.1, 0.15) is 30.2 Å². The highest BCUT2D eigenvalue weighted by atomic mass is 16.7. The second-order valence-electron chi connectivity index (χ2n) is 19.1. The van der Waals surface area contributed by atoms with Crippen LogP contribution in [0, 0.1) is 24.7 Å². The van der Waals surface area contributed by atoms with Crippen LogP contribution in [0.15, 0.2) is 24.3 Å². The lowest BCUT2D eigenvalue weighted by Gasteiger charge is -2.46. The van der Waals surface area contributed by atoms with Crippen molar-refractivity contribution >= 4 is 24.2 Å². The van der Waals surface area contributed by atoms with Crippen molar-refractivity contribution in [1.82, 2.24) is 9.80 Å². The highest BCUT2D eigenvalue weighted by Gasteiger charge is 2.49. The first kappa shape index (κ1) is 60.6. The van der Waals surface area contributed by atoms with Crippen LogP contribution in [0.5, 0.6) is 17.2 Å². The number of aryl methyl sites for hydroxylation is 1. The number of carbonyl (C=O) groups excluding carboxylic acids is 6. The van der Waals surface area contributed by atoms with Gasteiger partial charge in [-0.05, 0) is 144 Å². The van der Waals surface area contributed by atoms with Crippen molar-refractivity contribution in [3.63, 3.8) is 0 Å². The van der Waals surface area contributed by atoms with Crippen molar-refractivity contribution in [1.29, 1.82) is 0 Å². The number of carbonyl (C=O) groups is 2. The fraction of sp³-hybridized carbons (Fsp3) is 0.698. The van der Waals surface area contributed by atoms with Crippen LogP contribution in [0.2, 0.25) is 0 Å². The molecule has 2 aromatic rings. The molecular weight excluding hydrogens is 921 g/mol. The highest BCUT2D eigenvalue weighted by Crippen LogP contribution is 2.44. The number of nitrogens with zero attached hydrogens (tertiary/aromatic N) is 2. The first-order chi connectivity index (χ1) is 33.0. The van der Waals surface area contributed by atoms with Gasteiger partial charge in [0, 0.05) is 37.4 Å². The fourth-order valence-electron chi connectivity index (χ4n) is 11.2. The lowest BCUT2D eigenvalue weighted by molar-refractivity contribution is -0.263. The molecule has 0 aromatic heterocycles. The maximum absolute atomic E-state index is 12.0. The minimum absolute atomic E-state index is 0. The van der Waals surface area contributed by atoms with Crippen LogP contribution in [-0.4, -0.2) is 149 Å². The lowest BCUT2D eigenvalue weighted by atomic mass is 9.74. The van der Waals surface area contributed by atoms with E-state index in [1.165, 1.54) is 57.2 Å². The Balaban J connectivity index is 0.000000335. The molecule has 0 amide bonds. The number of aliphatic hydroxyl groups is 3. The molecule has 4 aliphatic heterocycles. The number of hydrogen-bond acceptors (Lipinski definition) is 18. The molecule has 0 bridgehead atoms. The molecular formula is C53H80N2O16. The van der Waals surface area contributed by atoms with E-state index in [2.05, 4.69) is 35.8 Å². The van der Waals surface area contributed by atoms with Gasteiger partial charge in [-0.3, -0.25) is 19.4 Å². The number of piperidine rings is 2. The molecule has 8 rings (SSSR count). The second-order valence-corrected chi connectivity index (χ2v) is 19.1. The summed E-state index contributed by atoms with van der Waals surface area (Å²) in [4.78, 5) is 61.6. The van der Waals surface area contributed by atoms with Gasteiger partial charge in [0.25, 0.3) is 0 Å². The summed E-state index contributed by atoms with van der Waals surface area (Å²) in [6.45, 7) is 17.6. The number of phenols is 1.